The van der Waals surface area contributed by atoms with E-state index in [1.165, 1.54) is 18.2 Å². The topological polar surface area (TPSA) is 103 Å². The van der Waals surface area contributed by atoms with Gasteiger partial charge in [0.15, 0.2) is 5.69 Å². The molecule has 0 bridgehead atoms. The molecule has 10 heteroatoms. The third-order valence-corrected chi connectivity index (χ3v) is 6.97. The van der Waals surface area contributed by atoms with Crippen molar-refractivity contribution in [1.82, 2.24) is 29.9 Å². The molecule has 2 aliphatic heterocycles. The SMILES string of the molecule is C=CC(=O)NC1CCN(C(=O)c2nn(Cc3ccc(F)cc3)c3c2CN(C(=O)c2ccc[nH]2)C[C@H]3C)C1. The molecule has 1 fully saturated rings. The molecule has 1 aromatic carbocycles. The zero-order valence-corrected chi connectivity index (χ0v) is 20.6. The molecule has 2 aromatic heterocycles. The zero-order chi connectivity index (χ0) is 26.1. The molecule has 192 valence electrons. The Morgan fingerprint density at radius 2 is 1.95 bits per heavy atom. The second-order valence-electron chi connectivity index (χ2n) is 9.62. The Labute approximate surface area is 213 Å². The van der Waals surface area contributed by atoms with Crippen LogP contribution in [0.2, 0.25) is 0 Å². The fraction of sp³-hybridized carbons (Fsp3) is 0.333. The van der Waals surface area contributed by atoms with Crippen molar-refractivity contribution in [3.63, 3.8) is 0 Å². The number of amides is 3. The van der Waals surface area contributed by atoms with Crippen molar-refractivity contribution >= 4 is 17.7 Å². The van der Waals surface area contributed by atoms with Gasteiger partial charge in [-0.15, -0.1) is 0 Å². The maximum Gasteiger partial charge on any atom is 0.274 e. The molecule has 1 unspecified atom stereocenters. The number of hydrogen-bond donors (Lipinski definition) is 2. The molecule has 0 radical (unpaired) electrons. The van der Waals surface area contributed by atoms with Crippen LogP contribution in [0.1, 0.15) is 57.1 Å². The first-order valence-electron chi connectivity index (χ1n) is 12.3. The summed E-state index contributed by atoms with van der Waals surface area (Å²) in [6.07, 6.45) is 3.56. The van der Waals surface area contributed by atoms with Gasteiger partial charge >= 0.3 is 0 Å². The lowest BCUT2D eigenvalue weighted by molar-refractivity contribution is -0.117. The van der Waals surface area contributed by atoms with Gasteiger partial charge in [0.25, 0.3) is 11.8 Å². The van der Waals surface area contributed by atoms with Gasteiger partial charge in [0.1, 0.15) is 11.5 Å². The predicted molar refractivity (Wildman–Crippen MR) is 134 cm³/mol. The molecular weight excluding hydrogens is 475 g/mol. The average molecular weight is 505 g/mol. The van der Waals surface area contributed by atoms with Gasteiger partial charge in [-0.1, -0.05) is 25.6 Å². The minimum Gasteiger partial charge on any atom is -0.357 e. The number of carbonyl (C=O) groups excluding carboxylic acids is 3. The average Bonchev–Trinajstić information content (AvgIpc) is 3.65. The number of H-pyrrole nitrogens is 1. The van der Waals surface area contributed by atoms with E-state index in [-0.39, 0.29) is 42.0 Å². The van der Waals surface area contributed by atoms with E-state index < -0.39 is 0 Å². The summed E-state index contributed by atoms with van der Waals surface area (Å²) in [4.78, 5) is 45.0. The first kappa shape index (κ1) is 24.5. The molecule has 3 aromatic rings. The monoisotopic (exact) mass is 504 g/mol. The van der Waals surface area contributed by atoms with E-state index in [0.717, 1.165) is 16.8 Å². The number of fused-ring (bicyclic) bond motifs is 1. The van der Waals surface area contributed by atoms with Crippen molar-refractivity contribution in [2.45, 2.75) is 38.4 Å². The number of likely N-dealkylation sites (tertiary alicyclic amines) is 1. The lowest BCUT2D eigenvalue weighted by Gasteiger charge is -2.32. The van der Waals surface area contributed by atoms with Crippen LogP contribution < -0.4 is 5.32 Å². The largest absolute Gasteiger partial charge is 0.357 e. The van der Waals surface area contributed by atoms with Crippen LogP contribution in [-0.4, -0.2) is 68.0 Å². The zero-order valence-electron chi connectivity index (χ0n) is 20.6. The van der Waals surface area contributed by atoms with E-state index >= 15 is 0 Å². The molecule has 0 saturated carbocycles. The van der Waals surface area contributed by atoms with Crippen LogP contribution in [0.25, 0.3) is 0 Å². The number of halogens is 1. The van der Waals surface area contributed by atoms with Gasteiger partial charge in [-0.3, -0.25) is 19.1 Å². The maximum absolute atomic E-state index is 13.7. The fourth-order valence-corrected chi connectivity index (χ4v) is 5.21. The molecule has 37 heavy (non-hydrogen) atoms. The minimum atomic E-state index is -0.318. The highest BCUT2D eigenvalue weighted by Crippen LogP contribution is 2.33. The third-order valence-electron chi connectivity index (χ3n) is 6.97. The van der Waals surface area contributed by atoms with Gasteiger partial charge in [0, 0.05) is 49.0 Å². The lowest BCUT2D eigenvalue weighted by Crippen LogP contribution is -2.40. The summed E-state index contributed by atoms with van der Waals surface area (Å²) in [5, 5.41) is 7.60. The molecule has 2 atom stereocenters. The quantitative estimate of drug-likeness (QED) is 0.504. The second-order valence-corrected chi connectivity index (χ2v) is 9.62. The number of aromatic amines is 1. The predicted octanol–water partition coefficient (Wildman–Crippen LogP) is 2.67. The van der Waals surface area contributed by atoms with E-state index in [2.05, 4.69) is 16.9 Å². The van der Waals surface area contributed by atoms with Crippen molar-refractivity contribution in [3.05, 3.63) is 89.3 Å². The van der Waals surface area contributed by atoms with Crippen molar-refractivity contribution in [3.8, 4) is 0 Å². The number of rotatable bonds is 6. The molecule has 2 N–H and O–H groups in total. The summed E-state index contributed by atoms with van der Waals surface area (Å²) in [5.74, 6) is -1.03. The molecular formula is C27H29FN6O3. The highest BCUT2D eigenvalue weighted by molar-refractivity contribution is 5.96. The summed E-state index contributed by atoms with van der Waals surface area (Å²) in [6.45, 7) is 7.47. The third kappa shape index (κ3) is 4.91. The Morgan fingerprint density at radius 1 is 1.16 bits per heavy atom. The Hall–Kier alpha value is -4.21. The molecule has 5 rings (SSSR count). The van der Waals surface area contributed by atoms with Crippen molar-refractivity contribution in [2.75, 3.05) is 19.6 Å². The number of benzene rings is 1. The smallest absolute Gasteiger partial charge is 0.274 e. The fourth-order valence-electron chi connectivity index (χ4n) is 5.21. The van der Waals surface area contributed by atoms with Crippen molar-refractivity contribution in [1.29, 1.82) is 0 Å². The van der Waals surface area contributed by atoms with E-state index in [1.807, 2.05) is 11.6 Å². The first-order chi connectivity index (χ1) is 17.8. The van der Waals surface area contributed by atoms with Crippen molar-refractivity contribution in [2.24, 2.45) is 0 Å². The Kier molecular flexibility index (Phi) is 6.64. The molecule has 0 spiro atoms. The molecule has 2 aliphatic rings. The summed E-state index contributed by atoms with van der Waals surface area (Å²) in [6, 6.07) is 9.56. The number of nitrogens with one attached hydrogen (secondary N) is 2. The number of aromatic nitrogens is 3. The van der Waals surface area contributed by atoms with Crippen LogP contribution >= 0.6 is 0 Å². The second kappa shape index (κ2) is 10.0. The number of nitrogens with zero attached hydrogens (tertiary/aromatic N) is 4. The number of hydrogen-bond acceptors (Lipinski definition) is 4. The van der Waals surface area contributed by atoms with Crippen molar-refractivity contribution < 1.29 is 18.8 Å². The molecule has 3 amide bonds. The van der Waals surface area contributed by atoms with E-state index in [0.29, 0.717) is 44.0 Å². The highest BCUT2D eigenvalue weighted by atomic mass is 19.1. The van der Waals surface area contributed by atoms with Crippen LogP contribution in [0, 0.1) is 5.82 Å². The molecule has 4 heterocycles. The molecule has 9 nitrogen and oxygen atoms in total. The summed E-state index contributed by atoms with van der Waals surface area (Å²) in [7, 11) is 0. The first-order valence-corrected chi connectivity index (χ1v) is 12.3. The normalized spacial score (nSPS) is 19.0. The van der Waals surface area contributed by atoms with Gasteiger partial charge in [-0.05, 0) is 42.3 Å². The van der Waals surface area contributed by atoms with Gasteiger partial charge in [-0.2, -0.15) is 5.10 Å². The van der Waals surface area contributed by atoms with Crippen LogP contribution in [-0.2, 0) is 17.9 Å². The Morgan fingerprint density at radius 3 is 2.65 bits per heavy atom. The summed E-state index contributed by atoms with van der Waals surface area (Å²) >= 11 is 0. The number of carbonyl (C=O) groups is 3. The standard InChI is InChI=1S/C27H29FN6O3/c1-3-23(35)30-20-10-12-32(15-20)27(37)24-21-16-33(26(36)22-5-4-11-29-22)13-17(2)25(21)34(31-24)14-18-6-8-19(28)9-7-18/h3-9,11,17,20,29H,1,10,12-16H2,2H3,(H,30,35)/t17-,20?/m1/s1. The summed E-state index contributed by atoms with van der Waals surface area (Å²) in [5.41, 5.74) is 3.28. The minimum absolute atomic E-state index is 0.0737. The lowest BCUT2D eigenvalue weighted by atomic mass is 9.95. The van der Waals surface area contributed by atoms with Gasteiger partial charge in [-0.25, -0.2) is 4.39 Å². The Bertz CT molecular complexity index is 1330. The van der Waals surface area contributed by atoms with Gasteiger partial charge in [0.05, 0.1) is 13.1 Å². The van der Waals surface area contributed by atoms with E-state index in [4.69, 9.17) is 5.10 Å². The Balaban J connectivity index is 1.47. The maximum atomic E-state index is 13.7. The van der Waals surface area contributed by atoms with Crippen LogP contribution in [0.3, 0.4) is 0 Å². The molecule has 1 saturated heterocycles. The van der Waals surface area contributed by atoms with Crippen LogP contribution in [0.4, 0.5) is 4.39 Å². The van der Waals surface area contributed by atoms with E-state index in [9.17, 15) is 18.8 Å². The van der Waals surface area contributed by atoms with Crippen LogP contribution in [0.15, 0.2) is 55.3 Å². The highest BCUT2D eigenvalue weighted by Gasteiger charge is 2.37. The summed E-state index contributed by atoms with van der Waals surface area (Å²) < 4.78 is 15.3. The van der Waals surface area contributed by atoms with Gasteiger partial charge in [0.2, 0.25) is 5.91 Å². The van der Waals surface area contributed by atoms with Gasteiger partial charge < -0.3 is 20.1 Å². The molecule has 0 aliphatic carbocycles. The van der Waals surface area contributed by atoms with E-state index in [1.54, 1.807) is 40.3 Å². The van der Waals surface area contributed by atoms with Crippen LogP contribution in [0.5, 0.6) is 0 Å².